The fourth-order valence-corrected chi connectivity index (χ4v) is 2.61. The molecule has 0 aliphatic carbocycles. The molecule has 1 N–H and O–H groups in total. The minimum absolute atomic E-state index is 0.0607. The van der Waals surface area contributed by atoms with Gasteiger partial charge in [-0.3, -0.25) is 9.78 Å². The molecule has 1 aromatic carbocycles. The van der Waals surface area contributed by atoms with E-state index in [9.17, 15) is 4.79 Å². The highest BCUT2D eigenvalue weighted by molar-refractivity contribution is 5.99. The van der Waals surface area contributed by atoms with Crippen LogP contribution in [0.1, 0.15) is 27.9 Å². The van der Waals surface area contributed by atoms with Gasteiger partial charge in [0.15, 0.2) is 0 Å². The number of carbonyl (C=O) groups is 1. The summed E-state index contributed by atoms with van der Waals surface area (Å²) in [7, 11) is 0. The summed E-state index contributed by atoms with van der Waals surface area (Å²) in [6, 6.07) is 11.0. The summed E-state index contributed by atoms with van der Waals surface area (Å²) in [5.41, 5.74) is 2.53. The monoisotopic (exact) mass is 292 g/mol. The van der Waals surface area contributed by atoms with Crippen molar-refractivity contribution >= 4 is 5.91 Å². The zero-order valence-electron chi connectivity index (χ0n) is 11.6. The first-order chi connectivity index (χ1) is 10.8. The highest BCUT2D eigenvalue weighted by Gasteiger charge is 2.29. The van der Waals surface area contributed by atoms with E-state index >= 15 is 0 Å². The maximum atomic E-state index is 11.9. The van der Waals surface area contributed by atoms with Crippen molar-refractivity contribution in [2.24, 2.45) is 0 Å². The predicted molar refractivity (Wildman–Crippen MR) is 77.9 cm³/mol. The number of nitrogens with zero attached hydrogens (tertiary/aromatic N) is 3. The van der Waals surface area contributed by atoms with Crippen LogP contribution in [0.3, 0.4) is 0 Å². The van der Waals surface area contributed by atoms with Crippen LogP contribution in [-0.2, 0) is 6.42 Å². The number of rotatable bonds is 3. The molecule has 1 aliphatic rings. The van der Waals surface area contributed by atoms with Gasteiger partial charge in [0.25, 0.3) is 5.91 Å². The van der Waals surface area contributed by atoms with Gasteiger partial charge in [-0.2, -0.15) is 4.98 Å². The van der Waals surface area contributed by atoms with Crippen molar-refractivity contribution in [1.82, 2.24) is 20.4 Å². The first-order valence-corrected chi connectivity index (χ1v) is 6.94. The highest BCUT2D eigenvalue weighted by Crippen LogP contribution is 2.28. The van der Waals surface area contributed by atoms with Gasteiger partial charge in [-0.25, -0.2) is 0 Å². The largest absolute Gasteiger partial charge is 0.345 e. The number of aromatic nitrogens is 3. The van der Waals surface area contributed by atoms with Gasteiger partial charge in [-0.05, 0) is 23.8 Å². The number of benzene rings is 1. The summed E-state index contributed by atoms with van der Waals surface area (Å²) >= 11 is 0. The minimum Gasteiger partial charge on any atom is -0.345 e. The minimum atomic E-state index is -0.130. The molecule has 108 valence electrons. The smallest absolute Gasteiger partial charge is 0.252 e. The molecular weight excluding hydrogens is 280 g/mol. The number of hydrogen-bond acceptors (Lipinski definition) is 5. The lowest BCUT2D eigenvalue weighted by molar-refractivity contribution is 0.0955. The van der Waals surface area contributed by atoms with Crippen molar-refractivity contribution in [3.05, 3.63) is 65.8 Å². The lowest BCUT2D eigenvalue weighted by atomic mass is 10.0. The standard InChI is InChI=1S/C16H12N4O2/c21-16-12-4-2-1-3-11(12)13(18-16)9-14-19-15(20-22-14)10-5-7-17-8-6-10/h1-8,13H,9H2,(H,18,21). The van der Waals surface area contributed by atoms with Crippen LogP contribution < -0.4 is 5.32 Å². The van der Waals surface area contributed by atoms with E-state index in [1.54, 1.807) is 12.4 Å². The maximum absolute atomic E-state index is 11.9. The second-order valence-electron chi connectivity index (χ2n) is 5.07. The van der Waals surface area contributed by atoms with E-state index in [0.717, 1.165) is 11.1 Å². The number of carbonyl (C=O) groups excluding carboxylic acids is 1. The number of hydrogen-bond donors (Lipinski definition) is 1. The van der Waals surface area contributed by atoms with Gasteiger partial charge in [0.1, 0.15) is 0 Å². The molecule has 22 heavy (non-hydrogen) atoms. The molecular formula is C16H12N4O2. The average molecular weight is 292 g/mol. The maximum Gasteiger partial charge on any atom is 0.252 e. The van der Waals surface area contributed by atoms with Gasteiger partial charge in [0.2, 0.25) is 11.7 Å². The van der Waals surface area contributed by atoms with Crippen molar-refractivity contribution in [3.8, 4) is 11.4 Å². The molecule has 1 amide bonds. The van der Waals surface area contributed by atoms with Crippen LogP contribution in [0.4, 0.5) is 0 Å². The zero-order chi connectivity index (χ0) is 14.9. The fourth-order valence-electron chi connectivity index (χ4n) is 2.61. The number of pyridine rings is 1. The van der Waals surface area contributed by atoms with Gasteiger partial charge in [0.05, 0.1) is 12.5 Å². The molecule has 0 spiro atoms. The number of nitrogens with one attached hydrogen (secondary N) is 1. The van der Waals surface area contributed by atoms with Crippen LogP contribution in [0, 0.1) is 0 Å². The Bertz CT molecular complexity index is 829. The first-order valence-electron chi connectivity index (χ1n) is 6.94. The summed E-state index contributed by atoms with van der Waals surface area (Å²) in [5, 5.41) is 6.92. The summed E-state index contributed by atoms with van der Waals surface area (Å²) in [5.74, 6) is 0.957. The van der Waals surface area contributed by atoms with E-state index < -0.39 is 0 Å². The van der Waals surface area contributed by atoms with Gasteiger partial charge in [-0.15, -0.1) is 0 Å². The molecule has 3 aromatic rings. The third-order valence-corrected chi connectivity index (χ3v) is 3.67. The Morgan fingerprint density at radius 2 is 1.95 bits per heavy atom. The average Bonchev–Trinajstić information content (AvgIpc) is 3.15. The van der Waals surface area contributed by atoms with Crippen molar-refractivity contribution < 1.29 is 9.32 Å². The Kier molecular flexibility index (Phi) is 2.93. The normalized spacial score (nSPS) is 16.4. The van der Waals surface area contributed by atoms with Crippen LogP contribution in [0.25, 0.3) is 11.4 Å². The second-order valence-corrected chi connectivity index (χ2v) is 5.07. The molecule has 6 heteroatoms. The summed E-state index contributed by atoms with van der Waals surface area (Å²) in [6.07, 6.45) is 3.83. The quantitative estimate of drug-likeness (QED) is 0.800. The van der Waals surface area contributed by atoms with Crippen LogP contribution in [0.2, 0.25) is 0 Å². The molecule has 0 radical (unpaired) electrons. The zero-order valence-corrected chi connectivity index (χ0v) is 11.6. The SMILES string of the molecule is O=C1NC(Cc2nc(-c3ccncc3)no2)c2ccccc21. The molecule has 3 heterocycles. The lowest BCUT2D eigenvalue weighted by Crippen LogP contribution is -2.20. The molecule has 1 atom stereocenters. The number of amides is 1. The van der Waals surface area contributed by atoms with Crippen molar-refractivity contribution in [2.45, 2.75) is 12.5 Å². The van der Waals surface area contributed by atoms with Gasteiger partial charge < -0.3 is 9.84 Å². The molecule has 0 fully saturated rings. The van der Waals surface area contributed by atoms with Crippen LogP contribution in [-0.4, -0.2) is 21.0 Å². The van der Waals surface area contributed by atoms with E-state index in [1.807, 2.05) is 36.4 Å². The van der Waals surface area contributed by atoms with Gasteiger partial charge in [-0.1, -0.05) is 23.4 Å². The third kappa shape index (κ3) is 2.14. The molecule has 6 nitrogen and oxygen atoms in total. The fraction of sp³-hybridized carbons (Fsp3) is 0.125. The summed E-state index contributed by atoms with van der Waals surface area (Å²) in [4.78, 5) is 20.3. The van der Waals surface area contributed by atoms with Gasteiger partial charge >= 0.3 is 0 Å². The van der Waals surface area contributed by atoms with Crippen molar-refractivity contribution in [3.63, 3.8) is 0 Å². The third-order valence-electron chi connectivity index (χ3n) is 3.67. The molecule has 0 saturated carbocycles. The lowest BCUT2D eigenvalue weighted by Gasteiger charge is -2.07. The Labute approximate surface area is 126 Å². The molecule has 1 aliphatic heterocycles. The topological polar surface area (TPSA) is 80.9 Å². The van der Waals surface area contributed by atoms with Crippen LogP contribution >= 0.6 is 0 Å². The molecule has 1 unspecified atom stereocenters. The van der Waals surface area contributed by atoms with Gasteiger partial charge in [0, 0.05) is 23.5 Å². The Balaban J connectivity index is 1.58. The van der Waals surface area contributed by atoms with Crippen LogP contribution in [0.15, 0.2) is 53.3 Å². The Morgan fingerprint density at radius 3 is 2.82 bits per heavy atom. The van der Waals surface area contributed by atoms with E-state index in [-0.39, 0.29) is 11.9 Å². The van der Waals surface area contributed by atoms with E-state index in [4.69, 9.17) is 4.52 Å². The molecule has 4 rings (SSSR count). The van der Waals surface area contributed by atoms with E-state index in [1.165, 1.54) is 0 Å². The molecule has 0 bridgehead atoms. The predicted octanol–water partition coefficient (Wildman–Crippen LogP) is 2.16. The highest BCUT2D eigenvalue weighted by atomic mass is 16.5. The summed E-state index contributed by atoms with van der Waals surface area (Å²) < 4.78 is 5.30. The Hall–Kier alpha value is -3.02. The molecule has 0 saturated heterocycles. The van der Waals surface area contributed by atoms with Crippen LogP contribution in [0.5, 0.6) is 0 Å². The number of fused-ring (bicyclic) bond motifs is 1. The van der Waals surface area contributed by atoms with E-state index in [0.29, 0.717) is 23.7 Å². The van der Waals surface area contributed by atoms with E-state index in [2.05, 4.69) is 20.4 Å². The molecule has 2 aromatic heterocycles. The first kappa shape index (κ1) is 12.7. The summed E-state index contributed by atoms with van der Waals surface area (Å²) in [6.45, 7) is 0. The second kappa shape index (κ2) is 5.07. The van der Waals surface area contributed by atoms with Crippen molar-refractivity contribution in [1.29, 1.82) is 0 Å². The van der Waals surface area contributed by atoms with Crippen molar-refractivity contribution in [2.75, 3.05) is 0 Å². The Morgan fingerprint density at radius 1 is 1.14 bits per heavy atom.